The van der Waals surface area contributed by atoms with Crippen LogP contribution in [-0.2, 0) is 11.2 Å². The molecule has 0 aliphatic carbocycles. The highest BCUT2D eigenvalue weighted by atomic mass is 79.9. The molecular formula is C12H13BrN2OS. The number of aromatic nitrogens is 1. The smallest absolute Gasteiger partial charge is 0.239 e. The van der Waals surface area contributed by atoms with Gasteiger partial charge in [0.25, 0.3) is 0 Å². The Morgan fingerprint density at radius 1 is 1.59 bits per heavy atom. The summed E-state index contributed by atoms with van der Waals surface area (Å²) in [7, 11) is 0. The standard InChI is InChI=1S/C12H13BrN2OS/c1-3-8-4-5-9-10(6-8)17-12(14-9)15-11(16)7(2)13/h4-7H,3H2,1-2H3,(H,14,15,16). The minimum Gasteiger partial charge on any atom is -0.301 e. The fourth-order valence-electron chi connectivity index (χ4n) is 1.45. The van der Waals surface area contributed by atoms with Crippen molar-refractivity contribution in [1.29, 1.82) is 0 Å². The lowest BCUT2D eigenvalue weighted by molar-refractivity contribution is -0.115. The van der Waals surface area contributed by atoms with E-state index in [4.69, 9.17) is 0 Å². The van der Waals surface area contributed by atoms with Crippen molar-refractivity contribution in [1.82, 2.24) is 4.98 Å². The first-order valence-corrected chi connectivity index (χ1v) is 7.17. The molecule has 0 spiro atoms. The molecule has 0 fully saturated rings. The number of nitrogens with zero attached hydrogens (tertiary/aromatic N) is 1. The van der Waals surface area contributed by atoms with E-state index in [1.165, 1.54) is 16.9 Å². The summed E-state index contributed by atoms with van der Waals surface area (Å²) in [6, 6.07) is 6.19. The minimum absolute atomic E-state index is 0.0697. The van der Waals surface area contributed by atoms with Crippen LogP contribution in [0.1, 0.15) is 19.4 Å². The molecule has 0 saturated carbocycles. The van der Waals surface area contributed by atoms with Gasteiger partial charge in [-0.25, -0.2) is 4.98 Å². The number of alkyl halides is 1. The molecule has 0 aliphatic rings. The number of thiazole rings is 1. The van der Waals surface area contributed by atoms with Crippen LogP contribution < -0.4 is 5.32 Å². The van der Waals surface area contributed by atoms with Crippen LogP contribution in [0.3, 0.4) is 0 Å². The molecular weight excluding hydrogens is 300 g/mol. The van der Waals surface area contributed by atoms with Gasteiger partial charge < -0.3 is 5.32 Å². The molecule has 0 aliphatic heterocycles. The third-order valence-electron chi connectivity index (χ3n) is 2.45. The van der Waals surface area contributed by atoms with E-state index in [0.29, 0.717) is 5.13 Å². The number of aryl methyl sites for hydroxylation is 1. The Kier molecular flexibility index (Phi) is 3.79. The van der Waals surface area contributed by atoms with Gasteiger partial charge in [0.05, 0.1) is 15.0 Å². The summed E-state index contributed by atoms with van der Waals surface area (Å²) in [4.78, 5) is 15.7. The van der Waals surface area contributed by atoms with E-state index in [1.807, 2.05) is 6.07 Å². The zero-order chi connectivity index (χ0) is 12.4. The van der Waals surface area contributed by atoms with Gasteiger partial charge in [0.2, 0.25) is 5.91 Å². The number of carbonyl (C=O) groups excluding carboxylic acids is 1. The van der Waals surface area contributed by atoms with Crippen molar-refractivity contribution in [3.8, 4) is 0 Å². The lowest BCUT2D eigenvalue weighted by Gasteiger charge is -2.01. The van der Waals surface area contributed by atoms with Crippen LogP contribution in [0.2, 0.25) is 0 Å². The summed E-state index contributed by atoms with van der Waals surface area (Å²) in [5, 5.41) is 3.45. The van der Waals surface area contributed by atoms with Crippen molar-refractivity contribution >= 4 is 48.5 Å². The largest absolute Gasteiger partial charge is 0.301 e. The summed E-state index contributed by atoms with van der Waals surface area (Å²) in [5.74, 6) is -0.0697. The quantitative estimate of drug-likeness (QED) is 0.880. The number of benzene rings is 1. The Balaban J connectivity index is 2.28. The van der Waals surface area contributed by atoms with Crippen LogP contribution in [0.4, 0.5) is 5.13 Å². The summed E-state index contributed by atoms with van der Waals surface area (Å²) < 4.78 is 1.11. The second-order valence-electron chi connectivity index (χ2n) is 3.78. The number of carbonyl (C=O) groups is 1. The molecule has 1 heterocycles. The van der Waals surface area contributed by atoms with Crippen LogP contribution >= 0.6 is 27.3 Å². The van der Waals surface area contributed by atoms with Gasteiger partial charge in [-0.05, 0) is 31.0 Å². The molecule has 1 unspecified atom stereocenters. The van der Waals surface area contributed by atoms with Crippen LogP contribution in [-0.4, -0.2) is 15.7 Å². The van der Waals surface area contributed by atoms with Gasteiger partial charge in [0.15, 0.2) is 5.13 Å². The molecule has 1 aromatic heterocycles. The average molecular weight is 313 g/mol. The Bertz CT molecular complexity index is 550. The Morgan fingerprint density at radius 3 is 3.00 bits per heavy atom. The number of nitrogens with one attached hydrogen (secondary N) is 1. The van der Waals surface area contributed by atoms with Gasteiger partial charge in [-0.15, -0.1) is 0 Å². The van der Waals surface area contributed by atoms with E-state index in [2.05, 4.69) is 45.3 Å². The highest BCUT2D eigenvalue weighted by molar-refractivity contribution is 9.10. The van der Waals surface area contributed by atoms with Crippen molar-refractivity contribution in [2.75, 3.05) is 5.32 Å². The number of rotatable bonds is 3. The van der Waals surface area contributed by atoms with Gasteiger partial charge in [0, 0.05) is 0 Å². The van der Waals surface area contributed by atoms with E-state index >= 15 is 0 Å². The molecule has 0 bridgehead atoms. The fraction of sp³-hybridized carbons (Fsp3) is 0.333. The summed E-state index contributed by atoms with van der Waals surface area (Å²) >= 11 is 4.74. The summed E-state index contributed by atoms with van der Waals surface area (Å²) in [6.45, 7) is 3.91. The summed E-state index contributed by atoms with van der Waals surface area (Å²) in [5.41, 5.74) is 2.22. The Morgan fingerprint density at radius 2 is 2.35 bits per heavy atom. The maximum absolute atomic E-state index is 11.5. The highest BCUT2D eigenvalue weighted by Gasteiger charge is 2.11. The molecule has 0 radical (unpaired) electrons. The molecule has 2 rings (SSSR count). The number of amides is 1. The Labute approximate surface area is 112 Å². The molecule has 1 atom stereocenters. The number of anilines is 1. The second kappa shape index (κ2) is 5.14. The molecule has 0 saturated heterocycles. The normalized spacial score (nSPS) is 12.6. The van der Waals surface area contributed by atoms with Crippen LogP contribution in [0.5, 0.6) is 0 Å². The average Bonchev–Trinajstić information content (AvgIpc) is 2.69. The zero-order valence-electron chi connectivity index (χ0n) is 9.66. The topological polar surface area (TPSA) is 42.0 Å². The number of hydrogen-bond acceptors (Lipinski definition) is 3. The predicted molar refractivity (Wildman–Crippen MR) is 76.0 cm³/mol. The van der Waals surface area contributed by atoms with E-state index in [-0.39, 0.29) is 10.7 Å². The minimum atomic E-state index is -0.208. The SMILES string of the molecule is CCc1ccc2nc(NC(=O)C(C)Br)sc2c1. The van der Waals surface area contributed by atoms with Gasteiger partial charge in [-0.3, -0.25) is 4.79 Å². The molecule has 5 heteroatoms. The van der Waals surface area contributed by atoms with Gasteiger partial charge >= 0.3 is 0 Å². The second-order valence-corrected chi connectivity index (χ2v) is 6.18. The van der Waals surface area contributed by atoms with Crippen molar-refractivity contribution in [2.24, 2.45) is 0 Å². The van der Waals surface area contributed by atoms with Crippen molar-refractivity contribution in [2.45, 2.75) is 25.1 Å². The Hall–Kier alpha value is -0.940. The van der Waals surface area contributed by atoms with Gasteiger partial charge in [-0.2, -0.15) is 0 Å². The molecule has 90 valence electrons. The lowest BCUT2D eigenvalue weighted by Crippen LogP contribution is -2.19. The molecule has 2 aromatic rings. The molecule has 1 aromatic carbocycles. The van der Waals surface area contributed by atoms with Crippen molar-refractivity contribution in [3.63, 3.8) is 0 Å². The van der Waals surface area contributed by atoms with E-state index in [0.717, 1.165) is 16.6 Å². The fourth-order valence-corrected chi connectivity index (χ4v) is 2.49. The molecule has 1 amide bonds. The van der Waals surface area contributed by atoms with Crippen LogP contribution in [0, 0.1) is 0 Å². The first kappa shape index (κ1) is 12.5. The van der Waals surface area contributed by atoms with Crippen molar-refractivity contribution < 1.29 is 4.79 Å². The first-order chi connectivity index (χ1) is 8.10. The third kappa shape index (κ3) is 2.84. The van der Waals surface area contributed by atoms with Gasteiger partial charge in [-0.1, -0.05) is 40.3 Å². The van der Waals surface area contributed by atoms with E-state index in [1.54, 1.807) is 6.92 Å². The molecule has 17 heavy (non-hydrogen) atoms. The summed E-state index contributed by atoms with van der Waals surface area (Å²) in [6.07, 6.45) is 1.01. The predicted octanol–water partition coefficient (Wildman–Crippen LogP) is 3.58. The van der Waals surface area contributed by atoms with Crippen LogP contribution in [0.25, 0.3) is 10.2 Å². The molecule has 1 N–H and O–H groups in total. The maximum Gasteiger partial charge on any atom is 0.239 e. The maximum atomic E-state index is 11.5. The number of halogens is 1. The molecule has 3 nitrogen and oxygen atoms in total. The van der Waals surface area contributed by atoms with Gasteiger partial charge in [0.1, 0.15) is 0 Å². The highest BCUT2D eigenvalue weighted by Crippen LogP contribution is 2.27. The monoisotopic (exact) mass is 312 g/mol. The van der Waals surface area contributed by atoms with E-state index < -0.39 is 0 Å². The van der Waals surface area contributed by atoms with Crippen LogP contribution in [0.15, 0.2) is 18.2 Å². The third-order valence-corrected chi connectivity index (χ3v) is 3.80. The zero-order valence-corrected chi connectivity index (χ0v) is 12.1. The number of hydrogen-bond donors (Lipinski definition) is 1. The lowest BCUT2D eigenvalue weighted by atomic mass is 10.2. The van der Waals surface area contributed by atoms with E-state index in [9.17, 15) is 4.79 Å². The van der Waals surface area contributed by atoms with Crippen molar-refractivity contribution in [3.05, 3.63) is 23.8 Å². The number of fused-ring (bicyclic) bond motifs is 1. The first-order valence-electron chi connectivity index (χ1n) is 5.44.